The van der Waals surface area contributed by atoms with Gasteiger partial charge in [0.25, 0.3) is 0 Å². The summed E-state index contributed by atoms with van der Waals surface area (Å²) >= 11 is 7.56. The van der Waals surface area contributed by atoms with Crippen LogP contribution in [-0.2, 0) is 11.2 Å². The highest BCUT2D eigenvalue weighted by Crippen LogP contribution is 2.38. The lowest BCUT2D eigenvalue weighted by atomic mass is 10.1. The number of thioether (sulfide) groups is 1. The summed E-state index contributed by atoms with van der Waals surface area (Å²) in [5.41, 5.74) is 1.20. The summed E-state index contributed by atoms with van der Waals surface area (Å²) in [6.07, 6.45) is -0.0727. The highest BCUT2D eigenvalue weighted by Gasteiger charge is 2.30. The first-order valence-electron chi connectivity index (χ1n) is 7.15. The zero-order valence-corrected chi connectivity index (χ0v) is 13.7. The minimum Gasteiger partial charge on any atom is -0.325 e. The molecule has 0 radical (unpaired) electrons. The highest BCUT2D eigenvalue weighted by atomic mass is 35.5. The van der Waals surface area contributed by atoms with Crippen LogP contribution in [0.25, 0.3) is 0 Å². The molecule has 2 aromatic carbocycles. The van der Waals surface area contributed by atoms with Crippen LogP contribution < -0.4 is 0 Å². The summed E-state index contributed by atoms with van der Waals surface area (Å²) in [5, 5.41) is 0.547. The fraction of sp³-hybridized carbons (Fsp3) is 0.235. The molecule has 1 atom stereocenters. The van der Waals surface area contributed by atoms with Gasteiger partial charge in [0.1, 0.15) is 17.0 Å². The highest BCUT2D eigenvalue weighted by molar-refractivity contribution is 7.99. The molecule has 0 aromatic heterocycles. The Labute approximate surface area is 142 Å². The Morgan fingerprint density at radius 3 is 2.65 bits per heavy atom. The van der Waals surface area contributed by atoms with E-state index in [1.807, 2.05) is 12.1 Å². The molecule has 0 spiro atoms. The molecule has 120 valence electrons. The zero-order valence-electron chi connectivity index (χ0n) is 12.1. The van der Waals surface area contributed by atoms with Crippen molar-refractivity contribution in [1.29, 1.82) is 0 Å². The van der Waals surface area contributed by atoms with Gasteiger partial charge in [-0.15, -0.1) is 11.8 Å². The first-order chi connectivity index (χ1) is 11.0. The van der Waals surface area contributed by atoms with Crippen molar-refractivity contribution in [1.82, 2.24) is 4.90 Å². The molecular formula is C17H14ClF2NOS. The molecule has 1 saturated heterocycles. The maximum atomic E-state index is 13.7. The van der Waals surface area contributed by atoms with Crippen molar-refractivity contribution in [2.24, 2.45) is 0 Å². The van der Waals surface area contributed by atoms with Gasteiger partial charge in [-0.1, -0.05) is 29.8 Å². The molecule has 0 saturated carbocycles. The summed E-state index contributed by atoms with van der Waals surface area (Å²) in [6.45, 7) is 0.611. The lowest BCUT2D eigenvalue weighted by molar-refractivity contribution is -0.130. The Morgan fingerprint density at radius 2 is 1.96 bits per heavy atom. The molecule has 3 rings (SSSR count). The van der Waals surface area contributed by atoms with Crippen molar-refractivity contribution < 1.29 is 13.6 Å². The van der Waals surface area contributed by atoms with E-state index in [0.29, 0.717) is 11.6 Å². The van der Waals surface area contributed by atoms with E-state index in [1.54, 1.807) is 28.8 Å². The Bertz CT molecular complexity index is 723. The number of benzene rings is 2. The number of carbonyl (C=O) groups is 1. The number of nitrogens with zero attached hydrogens (tertiary/aromatic N) is 1. The molecule has 2 nitrogen and oxygen atoms in total. The largest absolute Gasteiger partial charge is 0.325 e. The average molecular weight is 354 g/mol. The van der Waals surface area contributed by atoms with Crippen molar-refractivity contribution in [3.63, 3.8) is 0 Å². The third-order valence-electron chi connectivity index (χ3n) is 3.72. The van der Waals surface area contributed by atoms with Crippen LogP contribution in [0.5, 0.6) is 0 Å². The molecule has 1 aliphatic heterocycles. The molecule has 6 heteroatoms. The van der Waals surface area contributed by atoms with Gasteiger partial charge in [-0.2, -0.15) is 0 Å². The van der Waals surface area contributed by atoms with E-state index >= 15 is 0 Å². The summed E-state index contributed by atoms with van der Waals surface area (Å²) < 4.78 is 26.7. The summed E-state index contributed by atoms with van der Waals surface area (Å²) in [4.78, 5) is 14.3. The van der Waals surface area contributed by atoms with Gasteiger partial charge >= 0.3 is 0 Å². The second-order valence-corrected chi connectivity index (χ2v) is 6.90. The first kappa shape index (κ1) is 16.3. The SMILES string of the molecule is O=C(Cc1ccc(F)cc1F)N1CCSC1c1ccc(Cl)cc1. The van der Waals surface area contributed by atoms with Crippen LogP contribution >= 0.6 is 23.4 Å². The van der Waals surface area contributed by atoms with Crippen LogP contribution in [0, 0.1) is 11.6 Å². The molecule has 2 aromatic rings. The minimum atomic E-state index is -0.687. The number of hydrogen-bond acceptors (Lipinski definition) is 2. The van der Waals surface area contributed by atoms with E-state index < -0.39 is 11.6 Å². The Kier molecular flexibility index (Phi) is 4.87. The first-order valence-corrected chi connectivity index (χ1v) is 8.58. The second kappa shape index (κ2) is 6.89. The molecular weight excluding hydrogens is 340 g/mol. The molecule has 0 N–H and O–H groups in total. The second-order valence-electron chi connectivity index (χ2n) is 5.27. The van der Waals surface area contributed by atoms with E-state index in [4.69, 9.17) is 11.6 Å². The van der Waals surface area contributed by atoms with Gasteiger partial charge in [0, 0.05) is 23.4 Å². The predicted molar refractivity (Wildman–Crippen MR) is 88.4 cm³/mol. The lowest BCUT2D eigenvalue weighted by Gasteiger charge is -2.24. The molecule has 0 bridgehead atoms. The standard InChI is InChI=1S/C17H14ClF2NOS/c18-13-4-1-11(2-5-13)17-21(7-8-23-17)16(22)9-12-3-6-14(19)10-15(12)20/h1-6,10,17H,7-9H2. The predicted octanol–water partition coefficient (Wildman–Crippen LogP) is 4.43. The van der Waals surface area contributed by atoms with Crippen LogP contribution in [0.1, 0.15) is 16.5 Å². The third kappa shape index (κ3) is 3.67. The Hall–Kier alpha value is -1.59. The molecule has 23 heavy (non-hydrogen) atoms. The fourth-order valence-electron chi connectivity index (χ4n) is 2.56. The maximum Gasteiger partial charge on any atom is 0.228 e. The molecule has 1 fully saturated rings. The Balaban J connectivity index is 1.76. The van der Waals surface area contributed by atoms with Gasteiger partial charge in [-0.3, -0.25) is 4.79 Å². The van der Waals surface area contributed by atoms with Crippen molar-refractivity contribution >= 4 is 29.3 Å². The van der Waals surface area contributed by atoms with Crippen LogP contribution in [-0.4, -0.2) is 23.1 Å². The summed E-state index contributed by atoms with van der Waals surface area (Å²) in [6, 6.07) is 10.7. The van der Waals surface area contributed by atoms with E-state index in [2.05, 4.69) is 0 Å². The monoisotopic (exact) mass is 353 g/mol. The fourth-order valence-corrected chi connectivity index (χ4v) is 3.96. The molecule has 0 aliphatic carbocycles. The van der Waals surface area contributed by atoms with Gasteiger partial charge in [-0.05, 0) is 29.3 Å². The van der Waals surface area contributed by atoms with Gasteiger partial charge in [-0.25, -0.2) is 8.78 Å². The smallest absolute Gasteiger partial charge is 0.228 e. The molecule has 1 heterocycles. The molecule has 1 unspecified atom stereocenters. The summed E-state index contributed by atoms with van der Waals surface area (Å²) in [7, 11) is 0. The van der Waals surface area contributed by atoms with Crippen LogP contribution in [0.15, 0.2) is 42.5 Å². The Morgan fingerprint density at radius 1 is 1.22 bits per heavy atom. The van der Waals surface area contributed by atoms with Crippen LogP contribution in [0.2, 0.25) is 5.02 Å². The van der Waals surface area contributed by atoms with Crippen molar-refractivity contribution in [3.05, 3.63) is 70.2 Å². The molecule has 1 aliphatic rings. The van der Waals surface area contributed by atoms with Crippen LogP contribution in [0.4, 0.5) is 8.78 Å². The number of hydrogen-bond donors (Lipinski definition) is 0. The van der Waals surface area contributed by atoms with Gasteiger partial charge < -0.3 is 4.90 Å². The van der Waals surface area contributed by atoms with Gasteiger partial charge in [0.05, 0.1) is 6.42 Å². The van der Waals surface area contributed by atoms with E-state index in [0.717, 1.165) is 17.4 Å². The van der Waals surface area contributed by atoms with Crippen LogP contribution in [0.3, 0.4) is 0 Å². The zero-order chi connectivity index (χ0) is 16.4. The lowest BCUT2D eigenvalue weighted by Crippen LogP contribution is -2.31. The van der Waals surface area contributed by atoms with E-state index in [-0.39, 0.29) is 23.3 Å². The van der Waals surface area contributed by atoms with Gasteiger partial charge in [0.15, 0.2) is 0 Å². The topological polar surface area (TPSA) is 20.3 Å². The van der Waals surface area contributed by atoms with Crippen molar-refractivity contribution in [3.8, 4) is 0 Å². The number of halogens is 3. The number of amides is 1. The third-order valence-corrected chi connectivity index (χ3v) is 5.24. The number of rotatable bonds is 3. The van der Waals surface area contributed by atoms with Gasteiger partial charge in [0.2, 0.25) is 5.91 Å². The average Bonchev–Trinajstić information content (AvgIpc) is 3.00. The van der Waals surface area contributed by atoms with E-state index in [1.165, 1.54) is 12.1 Å². The normalized spacial score (nSPS) is 17.5. The minimum absolute atomic E-state index is 0.0727. The molecule has 1 amide bonds. The number of carbonyl (C=O) groups excluding carboxylic acids is 1. The van der Waals surface area contributed by atoms with Crippen molar-refractivity contribution in [2.45, 2.75) is 11.8 Å². The maximum absolute atomic E-state index is 13.7. The summed E-state index contributed by atoms with van der Waals surface area (Å²) in [5.74, 6) is -0.673. The quantitative estimate of drug-likeness (QED) is 0.813. The van der Waals surface area contributed by atoms with Crippen molar-refractivity contribution in [2.75, 3.05) is 12.3 Å². The van der Waals surface area contributed by atoms with E-state index in [9.17, 15) is 13.6 Å².